The Hall–Kier alpha value is -2.53. The number of carbonyl (C=O) groups is 2. The molecule has 0 radical (unpaired) electrons. The third-order valence-electron chi connectivity index (χ3n) is 2.25. The van der Waals surface area contributed by atoms with Crippen LogP contribution in [0.3, 0.4) is 0 Å². The van der Waals surface area contributed by atoms with Gasteiger partial charge in [-0.1, -0.05) is 24.3 Å². The predicted molar refractivity (Wildman–Crippen MR) is 81.2 cm³/mol. The van der Waals surface area contributed by atoms with Crippen molar-refractivity contribution >= 4 is 23.3 Å². The van der Waals surface area contributed by atoms with E-state index in [-0.39, 0.29) is 16.5 Å². The molecule has 2 rings (SSSR count). The Morgan fingerprint density at radius 3 is 1.22 bits per heavy atom. The zero-order valence-corrected chi connectivity index (χ0v) is 13.7. The van der Waals surface area contributed by atoms with Gasteiger partial charge in [-0.05, 0) is 49.2 Å². The van der Waals surface area contributed by atoms with Gasteiger partial charge in [0.15, 0.2) is 0 Å². The molecule has 0 bridgehead atoms. The number of hydrogen-bond acceptors (Lipinski definition) is 6. The Labute approximate surface area is 145 Å². The number of carbonyl (C=O) groups excluding carboxylic acids is 2. The number of nitrogen functional groups attached to an aromatic ring is 2. The van der Waals surface area contributed by atoms with E-state index >= 15 is 0 Å². The molecule has 2 aromatic carbocycles. The van der Waals surface area contributed by atoms with Crippen LogP contribution in [0.1, 0.15) is 11.1 Å². The summed E-state index contributed by atoms with van der Waals surface area (Å²) in [5.41, 5.74) is 15.0. The van der Waals surface area contributed by atoms with E-state index in [1.165, 1.54) is 11.1 Å². The second-order valence-electron chi connectivity index (χ2n) is 4.40. The van der Waals surface area contributed by atoms with Crippen molar-refractivity contribution in [2.45, 2.75) is 13.8 Å². The molecule has 2 aromatic rings. The van der Waals surface area contributed by atoms with Gasteiger partial charge in [0.2, 0.25) is 0 Å². The van der Waals surface area contributed by atoms with Crippen LogP contribution in [0.2, 0.25) is 0 Å². The van der Waals surface area contributed by atoms with Gasteiger partial charge in [0.1, 0.15) is 0 Å². The molecule has 23 heavy (non-hydrogen) atoms. The van der Waals surface area contributed by atoms with Gasteiger partial charge in [0.05, 0.1) is 11.9 Å². The molecular formula is C16H18N2NiO4. The average Bonchev–Trinajstić information content (AvgIpc) is 2.39. The summed E-state index contributed by atoms with van der Waals surface area (Å²) < 4.78 is 0. The second-order valence-corrected chi connectivity index (χ2v) is 4.40. The summed E-state index contributed by atoms with van der Waals surface area (Å²) in [5.74, 6) is -4.37. The predicted octanol–water partition coefficient (Wildman–Crippen LogP) is -0.362. The molecule has 0 unspecified atom stereocenters. The van der Waals surface area contributed by atoms with E-state index in [4.69, 9.17) is 31.3 Å². The van der Waals surface area contributed by atoms with Crippen LogP contribution in [0.15, 0.2) is 48.5 Å². The number of anilines is 2. The first kappa shape index (κ1) is 22.8. The van der Waals surface area contributed by atoms with Crippen LogP contribution < -0.4 is 21.7 Å². The summed E-state index contributed by atoms with van der Waals surface area (Å²) in [7, 11) is 0. The fraction of sp³-hybridized carbons (Fsp3) is 0.125. The molecule has 0 aliphatic carbocycles. The van der Waals surface area contributed by atoms with Gasteiger partial charge in [0.25, 0.3) is 0 Å². The largest absolute Gasteiger partial charge is 2.00 e. The normalized spacial score (nSPS) is 8.26. The van der Waals surface area contributed by atoms with Crippen molar-refractivity contribution in [3.63, 3.8) is 0 Å². The van der Waals surface area contributed by atoms with Crippen LogP contribution in [0.5, 0.6) is 0 Å². The molecule has 0 saturated carbocycles. The fourth-order valence-corrected chi connectivity index (χ4v) is 1.34. The minimum atomic E-state index is -2.19. The molecule has 0 aliphatic heterocycles. The Morgan fingerprint density at radius 2 is 1.09 bits per heavy atom. The number of nitrogens with two attached hydrogens (primary N) is 2. The van der Waals surface area contributed by atoms with Crippen LogP contribution in [0.4, 0.5) is 11.4 Å². The van der Waals surface area contributed by atoms with Crippen molar-refractivity contribution in [2.24, 2.45) is 0 Å². The number of carboxylic acids is 2. The molecule has 7 heteroatoms. The topological polar surface area (TPSA) is 132 Å². The molecule has 4 N–H and O–H groups in total. The Kier molecular flexibility index (Phi) is 11.9. The summed E-state index contributed by atoms with van der Waals surface area (Å²) in [6.07, 6.45) is 0. The first-order chi connectivity index (χ1) is 10.2. The van der Waals surface area contributed by atoms with E-state index < -0.39 is 11.9 Å². The van der Waals surface area contributed by atoms with E-state index in [0.717, 1.165) is 11.4 Å². The Bertz CT molecular complexity index is 543. The van der Waals surface area contributed by atoms with Gasteiger partial charge in [-0.25, -0.2) is 0 Å². The number of rotatable bonds is 0. The van der Waals surface area contributed by atoms with Crippen molar-refractivity contribution in [2.75, 3.05) is 11.5 Å². The van der Waals surface area contributed by atoms with Crippen molar-refractivity contribution in [1.29, 1.82) is 0 Å². The van der Waals surface area contributed by atoms with Crippen molar-refractivity contribution in [3.8, 4) is 0 Å². The number of hydrogen-bond donors (Lipinski definition) is 2. The molecule has 126 valence electrons. The smallest absolute Gasteiger partial charge is 0.543 e. The quantitative estimate of drug-likeness (QED) is 0.374. The Balaban J connectivity index is 0. The second kappa shape index (κ2) is 12.1. The van der Waals surface area contributed by atoms with Gasteiger partial charge in [-0.3, -0.25) is 0 Å². The number of aryl methyl sites for hydroxylation is 2. The number of carboxylic acid groups (broad SMARTS) is 2. The molecule has 0 saturated heterocycles. The molecule has 0 heterocycles. The van der Waals surface area contributed by atoms with Crippen LogP contribution in [-0.2, 0) is 26.1 Å². The van der Waals surface area contributed by atoms with Gasteiger partial charge < -0.3 is 31.3 Å². The first-order valence-corrected chi connectivity index (χ1v) is 6.29. The fourth-order valence-electron chi connectivity index (χ4n) is 1.34. The molecule has 0 aromatic heterocycles. The summed E-state index contributed by atoms with van der Waals surface area (Å²) in [6, 6.07) is 15.6. The third kappa shape index (κ3) is 12.9. The number of aliphatic carboxylic acids is 2. The Morgan fingerprint density at radius 1 is 0.783 bits per heavy atom. The molecule has 0 fully saturated rings. The summed E-state index contributed by atoms with van der Waals surface area (Å²) in [4.78, 5) is 17.9. The van der Waals surface area contributed by atoms with Gasteiger partial charge in [-0.2, -0.15) is 0 Å². The third-order valence-corrected chi connectivity index (χ3v) is 2.25. The van der Waals surface area contributed by atoms with Crippen molar-refractivity contribution in [1.82, 2.24) is 0 Å². The number of benzene rings is 2. The molecule has 0 atom stereocenters. The standard InChI is InChI=1S/2C7H9N.C2H2O4.Ni/c2*1-6-3-2-4-7(8)5-6;3-1(4)2(5)6;/h2*2-5H,8H2,1H3;(H,3,4)(H,5,6);/q;;;+2/p-2. The molecule has 6 nitrogen and oxygen atoms in total. The molecule has 0 spiro atoms. The monoisotopic (exact) mass is 360 g/mol. The zero-order chi connectivity index (χ0) is 17.1. The van der Waals surface area contributed by atoms with E-state index in [9.17, 15) is 0 Å². The van der Waals surface area contributed by atoms with Gasteiger partial charge in [-0.15, -0.1) is 0 Å². The van der Waals surface area contributed by atoms with Crippen LogP contribution in [0, 0.1) is 13.8 Å². The minimum absolute atomic E-state index is 0. The SMILES string of the molecule is Cc1cccc(N)c1.Cc1cccc(N)c1.O=C([O-])C(=O)[O-].[Ni+2]. The van der Waals surface area contributed by atoms with E-state index in [1.54, 1.807) is 0 Å². The first-order valence-electron chi connectivity index (χ1n) is 6.29. The molecule has 0 aliphatic rings. The minimum Gasteiger partial charge on any atom is -0.543 e. The molecule has 0 amide bonds. The van der Waals surface area contributed by atoms with Crippen LogP contribution in [-0.4, -0.2) is 11.9 Å². The summed E-state index contributed by atoms with van der Waals surface area (Å²) in [6.45, 7) is 4.05. The van der Waals surface area contributed by atoms with E-state index in [1.807, 2.05) is 62.4 Å². The average molecular weight is 361 g/mol. The summed E-state index contributed by atoms with van der Waals surface area (Å²) >= 11 is 0. The zero-order valence-electron chi connectivity index (χ0n) is 12.7. The van der Waals surface area contributed by atoms with Crippen molar-refractivity contribution in [3.05, 3.63) is 59.7 Å². The summed E-state index contributed by atoms with van der Waals surface area (Å²) in [5, 5.41) is 17.9. The molecular weight excluding hydrogens is 343 g/mol. The van der Waals surface area contributed by atoms with Gasteiger partial charge >= 0.3 is 16.5 Å². The van der Waals surface area contributed by atoms with Gasteiger partial charge in [0, 0.05) is 11.4 Å². The van der Waals surface area contributed by atoms with E-state index in [2.05, 4.69) is 0 Å². The van der Waals surface area contributed by atoms with E-state index in [0.29, 0.717) is 0 Å². The maximum Gasteiger partial charge on any atom is 2.00 e. The van der Waals surface area contributed by atoms with Crippen LogP contribution in [0.25, 0.3) is 0 Å². The maximum absolute atomic E-state index is 8.93. The van der Waals surface area contributed by atoms with Crippen LogP contribution >= 0.6 is 0 Å². The maximum atomic E-state index is 8.93. The van der Waals surface area contributed by atoms with Crippen molar-refractivity contribution < 1.29 is 36.3 Å².